The summed E-state index contributed by atoms with van der Waals surface area (Å²) in [6.45, 7) is 4.22. The molecule has 0 fully saturated rings. The first-order chi connectivity index (χ1) is 10.0. The van der Waals surface area contributed by atoms with Gasteiger partial charge in [-0.25, -0.2) is 0 Å². The number of para-hydroxylation sites is 1. The van der Waals surface area contributed by atoms with Crippen LogP contribution in [0.5, 0.6) is 17.2 Å². The molecule has 0 spiro atoms. The zero-order valence-corrected chi connectivity index (χ0v) is 12.5. The molecule has 0 unspecified atom stereocenters. The first-order valence-corrected chi connectivity index (χ1v) is 6.82. The zero-order chi connectivity index (χ0) is 15.4. The van der Waals surface area contributed by atoms with E-state index in [0.29, 0.717) is 23.0 Å². The maximum atomic E-state index is 7.66. The maximum Gasteiger partial charge on any atom is 0.142 e. The number of nitrogen functional groups attached to an aromatic ring is 1. The molecule has 2 aromatic rings. The van der Waals surface area contributed by atoms with E-state index in [9.17, 15) is 0 Å². The Morgan fingerprint density at radius 3 is 2.43 bits per heavy atom. The Labute approximate surface area is 125 Å². The van der Waals surface area contributed by atoms with Crippen LogP contribution < -0.4 is 15.2 Å². The molecule has 0 aromatic heterocycles. The Morgan fingerprint density at radius 1 is 1.10 bits per heavy atom. The number of methoxy groups -OCH3 is 1. The third-order valence-corrected chi connectivity index (χ3v) is 3.24. The van der Waals surface area contributed by atoms with Crippen LogP contribution in [-0.2, 0) is 0 Å². The molecule has 3 N–H and O–H groups in total. The summed E-state index contributed by atoms with van der Waals surface area (Å²) in [5.74, 6) is 2.26. The van der Waals surface area contributed by atoms with Crippen LogP contribution in [0.15, 0.2) is 42.5 Å². The molecule has 4 nitrogen and oxygen atoms in total. The average Bonchev–Trinajstić information content (AvgIpc) is 2.47. The molecule has 0 aliphatic rings. The van der Waals surface area contributed by atoms with Crippen molar-refractivity contribution in [3.05, 3.63) is 53.6 Å². The summed E-state index contributed by atoms with van der Waals surface area (Å²) in [4.78, 5) is 0. The molecule has 110 valence electrons. The molecule has 0 aliphatic heterocycles. The van der Waals surface area contributed by atoms with E-state index in [1.54, 1.807) is 25.3 Å². The molecular formula is C17H20N2O2. The third-order valence-electron chi connectivity index (χ3n) is 3.24. The molecule has 0 aliphatic carbocycles. The molecule has 4 heteroatoms. The standard InChI is InChI=1S/C17H20N2O2/c1-11(2)13-6-4-5-7-15(13)21-16-10-12(20-3)8-9-14(16)17(18)19/h4-11H,1-3H3,(H3,18,19). The molecular weight excluding hydrogens is 264 g/mol. The van der Waals surface area contributed by atoms with Gasteiger partial charge in [-0.05, 0) is 29.7 Å². The smallest absolute Gasteiger partial charge is 0.142 e. The summed E-state index contributed by atoms with van der Waals surface area (Å²) in [5.41, 5.74) is 7.28. The van der Waals surface area contributed by atoms with Crippen LogP contribution in [0.1, 0.15) is 30.9 Å². The van der Waals surface area contributed by atoms with Crippen molar-refractivity contribution >= 4 is 5.84 Å². The molecule has 0 radical (unpaired) electrons. The number of hydrogen-bond donors (Lipinski definition) is 2. The van der Waals surface area contributed by atoms with Crippen LogP contribution in [0.4, 0.5) is 0 Å². The highest BCUT2D eigenvalue weighted by Crippen LogP contribution is 2.33. The van der Waals surface area contributed by atoms with Crippen molar-refractivity contribution < 1.29 is 9.47 Å². The summed E-state index contributed by atoms with van der Waals surface area (Å²) in [7, 11) is 1.59. The largest absolute Gasteiger partial charge is 0.497 e. The second-order valence-electron chi connectivity index (χ2n) is 5.07. The van der Waals surface area contributed by atoms with Crippen LogP contribution in [0.25, 0.3) is 0 Å². The number of nitrogens with one attached hydrogen (secondary N) is 1. The topological polar surface area (TPSA) is 68.3 Å². The number of rotatable bonds is 5. The van der Waals surface area contributed by atoms with Crippen LogP contribution in [0.3, 0.4) is 0 Å². The predicted molar refractivity (Wildman–Crippen MR) is 84.6 cm³/mol. The lowest BCUT2D eigenvalue weighted by molar-refractivity contribution is 0.408. The van der Waals surface area contributed by atoms with Crippen LogP contribution >= 0.6 is 0 Å². The van der Waals surface area contributed by atoms with E-state index < -0.39 is 0 Å². The molecule has 0 saturated carbocycles. The van der Waals surface area contributed by atoms with E-state index in [-0.39, 0.29) is 5.84 Å². The quantitative estimate of drug-likeness (QED) is 0.646. The van der Waals surface area contributed by atoms with Gasteiger partial charge in [-0.15, -0.1) is 0 Å². The van der Waals surface area contributed by atoms with Gasteiger partial charge in [0, 0.05) is 6.07 Å². The number of amidine groups is 1. The minimum absolute atomic E-state index is 0.0327. The van der Waals surface area contributed by atoms with Crippen molar-refractivity contribution in [2.75, 3.05) is 7.11 Å². The SMILES string of the molecule is COc1ccc(C(=N)N)c(Oc2ccccc2C(C)C)c1. The molecule has 2 rings (SSSR count). The van der Waals surface area contributed by atoms with Gasteiger partial charge in [0.25, 0.3) is 0 Å². The van der Waals surface area contributed by atoms with Crippen LogP contribution in [0.2, 0.25) is 0 Å². The number of ether oxygens (including phenoxy) is 2. The maximum absolute atomic E-state index is 7.66. The zero-order valence-electron chi connectivity index (χ0n) is 12.5. The molecule has 0 bridgehead atoms. The Kier molecular flexibility index (Phi) is 4.48. The van der Waals surface area contributed by atoms with Crippen molar-refractivity contribution in [1.29, 1.82) is 5.41 Å². The Morgan fingerprint density at radius 2 is 1.81 bits per heavy atom. The third kappa shape index (κ3) is 3.34. The summed E-state index contributed by atoms with van der Waals surface area (Å²) in [6.07, 6.45) is 0. The lowest BCUT2D eigenvalue weighted by atomic mass is 10.0. The van der Waals surface area contributed by atoms with Gasteiger partial charge in [0.1, 0.15) is 23.1 Å². The monoisotopic (exact) mass is 284 g/mol. The van der Waals surface area contributed by atoms with E-state index in [0.717, 1.165) is 11.3 Å². The van der Waals surface area contributed by atoms with E-state index in [2.05, 4.69) is 13.8 Å². The first-order valence-electron chi connectivity index (χ1n) is 6.82. The van der Waals surface area contributed by atoms with Gasteiger partial charge < -0.3 is 15.2 Å². The summed E-state index contributed by atoms with van der Waals surface area (Å²) in [5, 5.41) is 7.66. The van der Waals surface area contributed by atoms with Crippen molar-refractivity contribution in [3.8, 4) is 17.2 Å². The number of hydrogen-bond acceptors (Lipinski definition) is 3. The lowest BCUT2D eigenvalue weighted by Gasteiger charge is -2.16. The van der Waals surface area contributed by atoms with Gasteiger partial charge >= 0.3 is 0 Å². The van der Waals surface area contributed by atoms with Gasteiger partial charge in [-0.3, -0.25) is 5.41 Å². The van der Waals surface area contributed by atoms with Crippen molar-refractivity contribution in [3.63, 3.8) is 0 Å². The molecule has 0 atom stereocenters. The van der Waals surface area contributed by atoms with Gasteiger partial charge in [0.05, 0.1) is 12.7 Å². The second-order valence-corrected chi connectivity index (χ2v) is 5.07. The van der Waals surface area contributed by atoms with Crippen LogP contribution in [0, 0.1) is 5.41 Å². The fourth-order valence-corrected chi connectivity index (χ4v) is 2.11. The minimum atomic E-state index is -0.0327. The van der Waals surface area contributed by atoms with Crippen LogP contribution in [-0.4, -0.2) is 12.9 Å². The number of nitrogens with two attached hydrogens (primary N) is 1. The second kappa shape index (κ2) is 6.31. The predicted octanol–water partition coefficient (Wildman–Crippen LogP) is 3.89. The van der Waals surface area contributed by atoms with Gasteiger partial charge in [-0.1, -0.05) is 32.0 Å². The minimum Gasteiger partial charge on any atom is -0.497 e. The van der Waals surface area contributed by atoms with E-state index in [1.807, 2.05) is 24.3 Å². The molecule has 0 heterocycles. The van der Waals surface area contributed by atoms with Gasteiger partial charge in [0.15, 0.2) is 0 Å². The summed E-state index contributed by atoms with van der Waals surface area (Å²) < 4.78 is 11.2. The molecule has 2 aromatic carbocycles. The fourth-order valence-electron chi connectivity index (χ4n) is 2.11. The van der Waals surface area contributed by atoms with E-state index >= 15 is 0 Å². The Balaban J connectivity index is 2.45. The van der Waals surface area contributed by atoms with Crippen molar-refractivity contribution in [2.45, 2.75) is 19.8 Å². The van der Waals surface area contributed by atoms with Crippen molar-refractivity contribution in [2.24, 2.45) is 5.73 Å². The summed E-state index contributed by atoms with van der Waals surface area (Å²) >= 11 is 0. The normalized spacial score (nSPS) is 10.5. The van der Waals surface area contributed by atoms with E-state index in [4.69, 9.17) is 20.6 Å². The fraction of sp³-hybridized carbons (Fsp3) is 0.235. The van der Waals surface area contributed by atoms with Gasteiger partial charge in [-0.2, -0.15) is 0 Å². The summed E-state index contributed by atoms with van der Waals surface area (Å²) in [6, 6.07) is 13.1. The molecule has 0 amide bonds. The van der Waals surface area contributed by atoms with E-state index in [1.165, 1.54) is 0 Å². The lowest BCUT2D eigenvalue weighted by Crippen LogP contribution is -2.12. The average molecular weight is 284 g/mol. The van der Waals surface area contributed by atoms with Gasteiger partial charge in [0.2, 0.25) is 0 Å². The first kappa shape index (κ1) is 14.9. The highest BCUT2D eigenvalue weighted by Gasteiger charge is 2.13. The Hall–Kier alpha value is -2.49. The highest BCUT2D eigenvalue weighted by molar-refractivity contribution is 5.97. The molecule has 0 saturated heterocycles. The number of benzene rings is 2. The van der Waals surface area contributed by atoms with Crippen molar-refractivity contribution in [1.82, 2.24) is 0 Å². The molecule has 21 heavy (non-hydrogen) atoms. The Bertz CT molecular complexity index is 651. The highest BCUT2D eigenvalue weighted by atomic mass is 16.5.